The number of amides is 2. The molecule has 1 fully saturated rings. The highest BCUT2D eigenvalue weighted by Gasteiger charge is 2.34. The number of carboxylic acid groups (broad SMARTS) is 1. The summed E-state index contributed by atoms with van der Waals surface area (Å²) in [5.74, 6) is -0.989. The molecule has 1 aliphatic rings. The van der Waals surface area contributed by atoms with Crippen molar-refractivity contribution >= 4 is 23.3 Å². The van der Waals surface area contributed by atoms with Gasteiger partial charge in [0.1, 0.15) is 6.54 Å². The van der Waals surface area contributed by atoms with E-state index in [1.807, 2.05) is 16.8 Å². The van der Waals surface area contributed by atoms with Crippen LogP contribution in [0.5, 0.6) is 0 Å². The Hall–Kier alpha value is -1.56. The van der Waals surface area contributed by atoms with Gasteiger partial charge >= 0.3 is 12.0 Å². The van der Waals surface area contributed by atoms with E-state index in [1.165, 1.54) is 11.9 Å². The standard InChI is InChI=1S/C12H16N2O3S/c1-13(7-11(15)16)12(17)14(10-2-3-10)6-9-4-5-18-8-9/h4-5,8,10H,2-3,6-7H2,1H3,(H,15,16). The summed E-state index contributed by atoms with van der Waals surface area (Å²) in [7, 11) is 1.53. The fourth-order valence-corrected chi connectivity index (χ4v) is 2.47. The third kappa shape index (κ3) is 3.22. The number of carboxylic acids is 1. The lowest BCUT2D eigenvalue weighted by atomic mass is 10.3. The summed E-state index contributed by atoms with van der Waals surface area (Å²) in [6, 6.07) is 2.06. The minimum atomic E-state index is -0.989. The molecule has 98 valence electrons. The molecular formula is C12H16N2O3S. The van der Waals surface area contributed by atoms with Gasteiger partial charge in [0.05, 0.1) is 0 Å². The molecule has 0 spiro atoms. The molecule has 1 aromatic heterocycles. The largest absolute Gasteiger partial charge is 0.480 e. The second kappa shape index (κ2) is 5.39. The highest BCUT2D eigenvalue weighted by atomic mass is 32.1. The summed E-state index contributed by atoms with van der Waals surface area (Å²) in [5.41, 5.74) is 1.10. The average molecular weight is 268 g/mol. The Morgan fingerprint density at radius 3 is 2.72 bits per heavy atom. The van der Waals surface area contributed by atoms with Crippen LogP contribution < -0.4 is 0 Å². The molecule has 0 unspecified atom stereocenters. The number of rotatable bonds is 5. The Morgan fingerprint density at radius 1 is 1.50 bits per heavy atom. The van der Waals surface area contributed by atoms with E-state index < -0.39 is 5.97 Å². The van der Waals surface area contributed by atoms with Crippen molar-refractivity contribution in [1.29, 1.82) is 0 Å². The average Bonchev–Trinajstić information content (AvgIpc) is 3.02. The minimum absolute atomic E-state index is 0.203. The Kier molecular flexibility index (Phi) is 3.86. The molecule has 1 heterocycles. The van der Waals surface area contributed by atoms with Crippen molar-refractivity contribution < 1.29 is 14.7 Å². The van der Waals surface area contributed by atoms with Gasteiger partial charge < -0.3 is 14.9 Å². The number of thiophene rings is 1. The van der Waals surface area contributed by atoms with E-state index in [0.29, 0.717) is 6.54 Å². The van der Waals surface area contributed by atoms with Crippen molar-refractivity contribution in [3.05, 3.63) is 22.4 Å². The number of likely N-dealkylation sites (N-methyl/N-ethyl adjacent to an activating group) is 1. The third-order valence-electron chi connectivity index (χ3n) is 2.87. The first-order valence-corrected chi connectivity index (χ1v) is 6.77. The van der Waals surface area contributed by atoms with Gasteiger partial charge in [-0.05, 0) is 35.2 Å². The van der Waals surface area contributed by atoms with Crippen molar-refractivity contribution in [1.82, 2.24) is 9.80 Å². The van der Waals surface area contributed by atoms with Gasteiger partial charge in [-0.2, -0.15) is 11.3 Å². The fourth-order valence-electron chi connectivity index (χ4n) is 1.81. The fraction of sp³-hybridized carbons (Fsp3) is 0.500. The SMILES string of the molecule is CN(CC(=O)O)C(=O)N(Cc1ccsc1)C1CC1. The monoisotopic (exact) mass is 268 g/mol. The summed E-state index contributed by atoms with van der Waals surface area (Å²) in [4.78, 5) is 25.8. The lowest BCUT2D eigenvalue weighted by molar-refractivity contribution is -0.137. The molecule has 0 aromatic carbocycles. The van der Waals surface area contributed by atoms with Crippen LogP contribution in [0.2, 0.25) is 0 Å². The van der Waals surface area contributed by atoms with E-state index in [9.17, 15) is 9.59 Å². The number of carbonyl (C=O) groups is 2. The zero-order valence-electron chi connectivity index (χ0n) is 10.2. The Morgan fingerprint density at radius 2 is 2.22 bits per heavy atom. The van der Waals surface area contributed by atoms with Gasteiger partial charge in [0.15, 0.2) is 0 Å². The van der Waals surface area contributed by atoms with Crippen molar-refractivity contribution in [2.75, 3.05) is 13.6 Å². The molecule has 5 nitrogen and oxygen atoms in total. The van der Waals surface area contributed by atoms with E-state index >= 15 is 0 Å². The van der Waals surface area contributed by atoms with Crippen LogP contribution in [0.3, 0.4) is 0 Å². The van der Waals surface area contributed by atoms with Gasteiger partial charge in [-0.25, -0.2) is 4.79 Å². The molecule has 1 aromatic rings. The van der Waals surface area contributed by atoms with Crippen LogP contribution in [-0.4, -0.2) is 46.5 Å². The summed E-state index contributed by atoms with van der Waals surface area (Å²) in [5, 5.41) is 12.7. The summed E-state index contributed by atoms with van der Waals surface area (Å²) < 4.78 is 0. The maximum absolute atomic E-state index is 12.2. The van der Waals surface area contributed by atoms with Crippen LogP contribution in [0, 0.1) is 0 Å². The molecular weight excluding hydrogens is 252 g/mol. The molecule has 0 atom stereocenters. The van der Waals surface area contributed by atoms with Gasteiger partial charge in [0.25, 0.3) is 0 Å². The Balaban J connectivity index is 2.00. The topological polar surface area (TPSA) is 60.9 Å². The first-order valence-electron chi connectivity index (χ1n) is 5.82. The highest BCUT2D eigenvalue weighted by molar-refractivity contribution is 7.07. The van der Waals surface area contributed by atoms with Gasteiger partial charge in [-0.15, -0.1) is 0 Å². The number of urea groups is 1. The summed E-state index contributed by atoms with van der Waals surface area (Å²) in [6.07, 6.45) is 2.02. The second-order valence-electron chi connectivity index (χ2n) is 4.52. The minimum Gasteiger partial charge on any atom is -0.480 e. The lowest BCUT2D eigenvalue weighted by Gasteiger charge is -2.27. The number of carbonyl (C=O) groups excluding carboxylic acids is 1. The number of hydrogen-bond acceptors (Lipinski definition) is 3. The van der Waals surface area contributed by atoms with E-state index in [-0.39, 0.29) is 18.6 Å². The third-order valence-corrected chi connectivity index (χ3v) is 3.60. The Bertz CT molecular complexity index is 429. The quantitative estimate of drug-likeness (QED) is 0.886. The molecule has 18 heavy (non-hydrogen) atoms. The molecule has 6 heteroatoms. The molecule has 1 saturated carbocycles. The summed E-state index contributed by atoms with van der Waals surface area (Å²) in [6.45, 7) is 0.308. The molecule has 0 bridgehead atoms. The van der Waals surface area contributed by atoms with E-state index in [2.05, 4.69) is 0 Å². The first kappa shape index (κ1) is 12.9. The van der Waals surface area contributed by atoms with Crippen molar-refractivity contribution in [2.24, 2.45) is 0 Å². The summed E-state index contributed by atoms with van der Waals surface area (Å²) >= 11 is 1.60. The zero-order chi connectivity index (χ0) is 13.1. The molecule has 1 aliphatic carbocycles. The van der Waals surface area contributed by atoms with Gasteiger partial charge in [0.2, 0.25) is 0 Å². The molecule has 0 aliphatic heterocycles. The zero-order valence-corrected chi connectivity index (χ0v) is 11.0. The number of hydrogen-bond donors (Lipinski definition) is 1. The van der Waals surface area contributed by atoms with Crippen LogP contribution >= 0.6 is 11.3 Å². The Labute approximate surface area is 110 Å². The molecule has 2 amide bonds. The first-order chi connectivity index (χ1) is 8.58. The smallest absolute Gasteiger partial charge is 0.323 e. The van der Waals surface area contributed by atoms with Crippen molar-refractivity contribution in [2.45, 2.75) is 25.4 Å². The maximum Gasteiger partial charge on any atom is 0.323 e. The van der Waals surface area contributed by atoms with Crippen molar-refractivity contribution in [3.63, 3.8) is 0 Å². The van der Waals surface area contributed by atoms with Gasteiger partial charge in [0, 0.05) is 19.6 Å². The molecule has 0 saturated heterocycles. The number of aliphatic carboxylic acids is 1. The van der Waals surface area contributed by atoms with Crippen LogP contribution in [-0.2, 0) is 11.3 Å². The lowest BCUT2D eigenvalue weighted by Crippen LogP contribution is -2.43. The maximum atomic E-state index is 12.2. The van der Waals surface area contributed by atoms with Gasteiger partial charge in [-0.1, -0.05) is 0 Å². The van der Waals surface area contributed by atoms with Gasteiger partial charge in [-0.3, -0.25) is 4.79 Å². The van der Waals surface area contributed by atoms with Crippen molar-refractivity contribution in [3.8, 4) is 0 Å². The van der Waals surface area contributed by atoms with Crippen LogP contribution in [0.15, 0.2) is 16.8 Å². The molecule has 2 rings (SSSR count). The normalized spacial score (nSPS) is 14.3. The second-order valence-corrected chi connectivity index (χ2v) is 5.30. The molecule has 1 N–H and O–H groups in total. The van der Waals surface area contributed by atoms with E-state index in [1.54, 1.807) is 16.2 Å². The molecule has 0 radical (unpaired) electrons. The number of nitrogens with zero attached hydrogens (tertiary/aromatic N) is 2. The van der Waals surface area contributed by atoms with E-state index in [4.69, 9.17) is 5.11 Å². The van der Waals surface area contributed by atoms with Crippen LogP contribution in [0.25, 0.3) is 0 Å². The van der Waals surface area contributed by atoms with Crippen LogP contribution in [0.1, 0.15) is 18.4 Å². The predicted molar refractivity (Wildman–Crippen MR) is 68.5 cm³/mol. The van der Waals surface area contributed by atoms with E-state index in [0.717, 1.165) is 18.4 Å². The van der Waals surface area contributed by atoms with Crippen LogP contribution in [0.4, 0.5) is 4.79 Å². The highest BCUT2D eigenvalue weighted by Crippen LogP contribution is 2.29. The predicted octanol–water partition coefficient (Wildman–Crippen LogP) is 1.85.